The van der Waals surface area contributed by atoms with Gasteiger partial charge in [0.2, 0.25) is 0 Å². The second-order valence-corrected chi connectivity index (χ2v) is 4.11. The number of ketones is 1. The van der Waals surface area contributed by atoms with Crippen LogP contribution >= 0.6 is 0 Å². The molecule has 1 atom stereocenters. The zero-order valence-corrected chi connectivity index (χ0v) is 10.1. The fourth-order valence-electron chi connectivity index (χ4n) is 1.52. The zero-order valence-electron chi connectivity index (χ0n) is 10.1. The number of rotatable bonds is 6. The van der Waals surface area contributed by atoms with Crippen LogP contribution in [0.15, 0.2) is 24.3 Å². The predicted octanol–water partition coefficient (Wildman–Crippen LogP) is 0.803. The van der Waals surface area contributed by atoms with Crippen molar-refractivity contribution in [1.29, 1.82) is 0 Å². The first kappa shape index (κ1) is 14.1. The highest BCUT2D eigenvalue weighted by atomic mass is 16.4. The van der Waals surface area contributed by atoms with E-state index in [1.165, 1.54) is 0 Å². The number of carbonyl (C=O) groups excluding carboxylic acids is 2. The predicted molar refractivity (Wildman–Crippen MR) is 65.4 cm³/mol. The molecule has 18 heavy (non-hydrogen) atoms. The van der Waals surface area contributed by atoms with Gasteiger partial charge in [0.15, 0.2) is 17.6 Å². The van der Waals surface area contributed by atoms with E-state index < -0.39 is 11.5 Å². The van der Waals surface area contributed by atoms with Gasteiger partial charge in [0.25, 0.3) is 0 Å². The fraction of sp³-hybridized carbons (Fsp3) is 0.308. The quantitative estimate of drug-likeness (QED) is 0.441. The number of benzene rings is 1. The van der Waals surface area contributed by atoms with Crippen LogP contribution in [-0.4, -0.2) is 28.7 Å². The molecule has 0 aliphatic carbocycles. The molecule has 3 N–H and O–H groups in total. The smallest absolute Gasteiger partial charge is 0.331 e. The summed E-state index contributed by atoms with van der Waals surface area (Å²) >= 11 is 0. The average Bonchev–Trinajstić information content (AvgIpc) is 2.38. The maximum absolute atomic E-state index is 11.4. The van der Waals surface area contributed by atoms with E-state index in [-0.39, 0.29) is 18.5 Å². The van der Waals surface area contributed by atoms with E-state index in [1.54, 1.807) is 31.2 Å². The Labute approximate surface area is 105 Å². The third-order valence-electron chi connectivity index (χ3n) is 2.70. The van der Waals surface area contributed by atoms with Gasteiger partial charge in [-0.15, -0.1) is 0 Å². The lowest BCUT2D eigenvalue weighted by molar-refractivity contribution is -0.145. The Balaban J connectivity index is 2.90. The molecule has 0 saturated heterocycles. The maximum atomic E-state index is 11.4. The third-order valence-corrected chi connectivity index (χ3v) is 2.70. The molecule has 0 aromatic heterocycles. The zero-order chi connectivity index (χ0) is 13.8. The van der Waals surface area contributed by atoms with Crippen molar-refractivity contribution in [3.05, 3.63) is 35.4 Å². The Morgan fingerprint density at radius 2 is 1.89 bits per heavy atom. The average molecular weight is 249 g/mol. The van der Waals surface area contributed by atoms with E-state index in [2.05, 4.69) is 0 Å². The largest absolute Gasteiger partial charge is 0.480 e. The fourth-order valence-corrected chi connectivity index (χ4v) is 1.52. The maximum Gasteiger partial charge on any atom is 0.331 e. The van der Waals surface area contributed by atoms with Gasteiger partial charge >= 0.3 is 5.97 Å². The Kier molecular flexibility index (Phi) is 4.33. The lowest BCUT2D eigenvalue weighted by atomic mass is 9.92. The van der Waals surface area contributed by atoms with Gasteiger partial charge in [0, 0.05) is 18.4 Å². The van der Waals surface area contributed by atoms with Gasteiger partial charge in [0.1, 0.15) is 0 Å². The molecule has 1 rings (SSSR count). The van der Waals surface area contributed by atoms with Gasteiger partial charge in [-0.05, 0) is 5.56 Å². The van der Waals surface area contributed by atoms with Crippen molar-refractivity contribution in [2.75, 3.05) is 0 Å². The summed E-state index contributed by atoms with van der Waals surface area (Å²) < 4.78 is 0. The molecule has 0 radical (unpaired) electrons. The summed E-state index contributed by atoms with van der Waals surface area (Å²) in [5.74, 6) is -1.36. The molecule has 0 saturated carbocycles. The van der Waals surface area contributed by atoms with Gasteiger partial charge in [-0.25, -0.2) is 4.79 Å². The number of hydrogen-bond acceptors (Lipinski definition) is 4. The van der Waals surface area contributed by atoms with E-state index in [4.69, 9.17) is 10.8 Å². The van der Waals surface area contributed by atoms with E-state index in [9.17, 15) is 14.4 Å². The Hall–Kier alpha value is -2.01. The van der Waals surface area contributed by atoms with Crippen LogP contribution < -0.4 is 5.73 Å². The van der Waals surface area contributed by atoms with Crippen LogP contribution in [-0.2, 0) is 16.0 Å². The molecule has 1 unspecified atom stereocenters. The van der Waals surface area contributed by atoms with Crippen LogP contribution in [0.2, 0.25) is 0 Å². The molecule has 0 aliphatic heterocycles. The molecule has 0 amide bonds. The molecule has 0 spiro atoms. The van der Waals surface area contributed by atoms with E-state index in [0.29, 0.717) is 17.5 Å². The number of aldehydes is 1. The standard InChI is InChI=1S/C13H15NO4/c1-2-11(16)10-5-3-9(4-6-10)7-13(14,8-15)12(17)18/h3-6,8H,2,7,14H2,1H3,(H,17,18). The molecule has 96 valence electrons. The number of carboxylic acid groups (broad SMARTS) is 1. The van der Waals surface area contributed by atoms with Gasteiger partial charge < -0.3 is 15.6 Å². The number of Topliss-reactive ketones (excluding diaryl/α,β-unsaturated/α-hetero) is 1. The van der Waals surface area contributed by atoms with Crippen molar-refractivity contribution in [3.8, 4) is 0 Å². The van der Waals surface area contributed by atoms with Crippen LogP contribution in [0.4, 0.5) is 0 Å². The molecular weight excluding hydrogens is 234 g/mol. The van der Waals surface area contributed by atoms with E-state index in [0.717, 1.165) is 0 Å². The summed E-state index contributed by atoms with van der Waals surface area (Å²) in [5.41, 5.74) is 4.70. The van der Waals surface area contributed by atoms with Crippen LogP contribution in [0.25, 0.3) is 0 Å². The molecule has 5 heteroatoms. The van der Waals surface area contributed by atoms with Crippen molar-refractivity contribution >= 4 is 18.0 Å². The van der Waals surface area contributed by atoms with Crippen LogP contribution in [0.3, 0.4) is 0 Å². The summed E-state index contributed by atoms with van der Waals surface area (Å²) in [5, 5.41) is 8.86. The van der Waals surface area contributed by atoms with Gasteiger partial charge in [0.05, 0.1) is 0 Å². The highest BCUT2D eigenvalue weighted by Crippen LogP contribution is 2.12. The SMILES string of the molecule is CCC(=O)c1ccc(CC(N)(C=O)C(=O)O)cc1. The third kappa shape index (κ3) is 3.01. The molecule has 0 bridgehead atoms. The second kappa shape index (κ2) is 5.55. The van der Waals surface area contributed by atoms with Crippen molar-refractivity contribution in [3.63, 3.8) is 0 Å². The minimum atomic E-state index is -1.92. The summed E-state index contributed by atoms with van der Waals surface area (Å²) in [6.07, 6.45) is 0.524. The molecule has 1 aromatic carbocycles. The lowest BCUT2D eigenvalue weighted by Crippen LogP contribution is -2.51. The highest BCUT2D eigenvalue weighted by molar-refractivity contribution is 5.97. The second-order valence-electron chi connectivity index (χ2n) is 4.11. The minimum absolute atomic E-state index is 0.00850. The Morgan fingerprint density at radius 1 is 1.33 bits per heavy atom. The van der Waals surface area contributed by atoms with Gasteiger partial charge in [-0.3, -0.25) is 4.79 Å². The Morgan fingerprint density at radius 3 is 2.28 bits per heavy atom. The molecule has 1 aromatic rings. The summed E-state index contributed by atoms with van der Waals surface area (Å²) in [4.78, 5) is 33.0. The topological polar surface area (TPSA) is 97.5 Å². The summed E-state index contributed by atoms with van der Waals surface area (Å²) in [6.45, 7) is 1.76. The molecule has 0 aliphatic rings. The number of hydrogen-bond donors (Lipinski definition) is 2. The first-order chi connectivity index (χ1) is 8.42. The van der Waals surface area contributed by atoms with Crippen LogP contribution in [0, 0.1) is 0 Å². The molecule has 0 heterocycles. The highest BCUT2D eigenvalue weighted by Gasteiger charge is 2.33. The first-order valence-electron chi connectivity index (χ1n) is 5.53. The Bertz CT molecular complexity index is 466. The van der Waals surface area contributed by atoms with Crippen molar-refractivity contribution in [1.82, 2.24) is 0 Å². The lowest BCUT2D eigenvalue weighted by Gasteiger charge is -2.17. The number of carboxylic acids is 1. The van der Waals surface area contributed by atoms with Crippen molar-refractivity contribution in [2.24, 2.45) is 5.73 Å². The van der Waals surface area contributed by atoms with Crippen molar-refractivity contribution < 1.29 is 19.5 Å². The molecule has 0 fully saturated rings. The number of carbonyl (C=O) groups is 3. The first-order valence-corrected chi connectivity index (χ1v) is 5.53. The molecular formula is C13H15NO4. The van der Waals surface area contributed by atoms with Gasteiger partial charge in [-0.1, -0.05) is 31.2 Å². The summed E-state index contributed by atoms with van der Waals surface area (Å²) in [7, 11) is 0. The number of nitrogens with two attached hydrogens (primary N) is 1. The van der Waals surface area contributed by atoms with E-state index in [1.807, 2.05) is 0 Å². The normalized spacial score (nSPS) is 13.7. The minimum Gasteiger partial charge on any atom is -0.480 e. The van der Waals surface area contributed by atoms with Crippen LogP contribution in [0.5, 0.6) is 0 Å². The monoisotopic (exact) mass is 249 g/mol. The van der Waals surface area contributed by atoms with Crippen molar-refractivity contribution in [2.45, 2.75) is 25.3 Å². The number of aliphatic carboxylic acids is 1. The molecule has 5 nitrogen and oxygen atoms in total. The van der Waals surface area contributed by atoms with E-state index >= 15 is 0 Å². The van der Waals surface area contributed by atoms with Gasteiger partial charge in [-0.2, -0.15) is 0 Å². The van der Waals surface area contributed by atoms with Crippen LogP contribution in [0.1, 0.15) is 29.3 Å². The summed E-state index contributed by atoms with van der Waals surface area (Å²) in [6, 6.07) is 6.43.